The molecule has 0 amide bonds. The van der Waals surface area contributed by atoms with Gasteiger partial charge in [-0.3, -0.25) is 4.79 Å². The smallest absolute Gasteiger partial charge is 0.428 e. The molecule has 0 bridgehead atoms. The lowest BCUT2D eigenvalue weighted by Crippen LogP contribution is -2.33. The summed E-state index contributed by atoms with van der Waals surface area (Å²) in [6.45, 7) is 11.2. The van der Waals surface area contributed by atoms with Crippen LogP contribution in [-0.4, -0.2) is 24.0 Å². The summed E-state index contributed by atoms with van der Waals surface area (Å²) in [7, 11) is 0. The molecule has 0 rings (SSSR count). The number of rotatable bonds is 9. The van der Waals surface area contributed by atoms with Crippen LogP contribution in [0.5, 0.6) is 0 Å². The molecule has 0 N–H and O–H groups in total. The Hall–Kier alpha value is -1.26. The molecule has 21 heavy (non-hydrogen) atoms. The number of hydrogen-bond acceptors (Lipinski definition) is 5. The molecule has 0 radical (unpaired) electrons. The van der Waals surface area contributed by atoms with Gasteiger partial charge in [0.2, 0.25) is 6.29 Å². The van der Waals surface area contributed by atoms with Gasteiger partial charge >= 0.3 is 12.1 Å². The van der Waals surface area contributed by atoms with E-state index in [-0.39, 0.29) is 11.9 Å². The van der Waals surface area contributed by atoms with Crippen molar-refractivity contribution in [3.8, 4) is 0 Å². The van der Waals surface area contributed by atoms with Crippen LogP contribution in [0.15, 0.2) is 0 Å². The molecule has 0 fully saturated rings. The highest BCUT2D eigenvalue weighted by Gasteiger charge is 2.28. The van der Waals surface area contributed by atoms with Gasteiger partial charge in [0.05, 0.1) is 5.92 Å². The first-order valence-electron chi connectivity index (χ1n) is 7.88. The van der Waals surface area contributed by atoms with Crippen LogP contribution in [0.2, 0.25) is 0 Å². The maximum atomic E-state index is 11.7. The van der Waals surface area contributed by atoms with Crippen LogP contribution in [0.4, 0.5) is 4.79 Å². The minimum atomic E-state index is -0.938. The van der Waals surface area contributed by atoms with E-state index in [2.05, 4.69) is 0 Å². The third kappa shape index (κ3) is 7.93. The minimum absolute atomic E-state index is 0.196. The number of ether oxygens (including phenoxy) is 3. The van der Waals surface area contributed by atoms with Crippen molar-refractivity contribution in [3.63, 3.8) is 0 Å². The topological polar surface area (TPSA) is 61.8 Å². The van der Waals surface area contributed by atoms with E-state index in [0.29, 0.717) is 6.42 Å². The first kappa shape index (κ1) is 19.7. The monoisotopic (exact) mass is 302 g/mol. The third-order valence-electron chi connectivity index (χ3n) is 3.52. The van der Waals surface area contributed by atoms with Crippen LogP contribution >= 0.6 is 0 Å². The van der Waals surface area contributed by atoms with Crippen LogP contribution < -0.4 is 0 Å². The Morgan fingerprint density at radius 1 is 1.05 bits per heavy atom. The van der Waals surface area contributed by atoms with Gasteiger partial charge < -0.3 is 14.2 Å². The van der Waals surface area contributed by atoms with Gasteiger partial charge in [-0.2, -0.15) is 0 Å². The second-order valence-corrected chi connectivity index (χ2v) is 5.72. The molecule has 124 valence electrons. The lowest BCUT2D eigenvalue weighted by atomic mass is 9.97. The zero-order chi connectivity index (χ0) is 16.5. The average Bonchev–Trinajstić information content (AvgIpc) is 2.38. The Kier molecular flexibility index (Phi) is 9.06. The molecule has 3 atom stereocenters. The van der Waals surface area contributed by atoms with Crippen LogP contribution in [-0.2, 0) is 19.0 Å². The summed E-state index contributed by atoms with van der Waals surface area (Å²) in [5, 5.41) is 0. The van der Waals surface area contributed by atoms with E-state index in [9.17, 15) is 9.59 Å². The lowest BCUT2D eigenvalue weighted by Gasteiger charge is -2.28. The van der Waals surface area contributed by atoms with Crippen molar-refractivity contribution >= 4 is 12.1 Å². The molecule has 0 saturated heterocycles. The number of esters is 1. The molecule has 0 aromatic heterocycles. The summed E-state index contributed by atoms with van der Waals surface area (Å²) in [5.74, 6) is -0.554. The molecule has 5 heteroatoms. The van der Waals surface area contributed by atoms with Crippen molar-refractivity contribution < 1.29 is 23.8 Å². The Morgan fingerprint density at radius 2 is 1.67 bits per heavy atom. The molecule has 0 saturated carbocycles. The van der Waals surface area contributed by atoms with Crippen molar-refractivity contribution in [2.75, 3.05) is 0 Å². The third-order valence-corrected chi connectivity index (χ3v) is 3.52. The Morgan fingerprint density at radius 3 is 2.14 bits per heavy atom. The predicted molar refractivity (Wildman–Crippen MR) is 80.8 cm³/mol. The molecular weight excluding hydrogens is 272 g/mol. The van der Waals surface area contributed by atoms with Crippen LogP contribution in [0.3, 0.4) is 0 Å². The van der Waals surface area contributed by atoms with Gasteiger partial charge in [0.15, 0.2) is 0 Å². The fourth-order valence-electron chi connectivity index (χ4n) is 2.04. The highest BCUT2D eigenvalue weighted by molar-refractivity contribution is 5.72. The summed E-state index contributed by atoms with van der Waals surface area (Å²) in [5.41, 5.74) is -0.537. The molecule has 0 heterocycles. The van der Waals surface area contributed by atoms with Crippen molar-refractivity contribution in [2.45, 2.75) is 85.5 Å². The van der Waals surface area contributed by atoms with Gasteiger partial charge in [-0.25, -0.2) is 4.79 Å². The van der Waals surface area contributed by atoms with E-state index in [1.54, 1.807) is 6.92 Å². The number of hydrogen-bond donors (Lipinski definition) is 0. The fraction of sp³-hybridized carbons (Fsp3) is 0.875. The van der Waals surface area contributed by atoms with Gasteiger partial charge in [0.1, 0.15) is 5.60 Å². The van der Waals surface area contributed by atoms with E-state index in [1.165, 1.54) is 6.92 Å². The molecule has 5 nitrogen and oxygen atoms in total. The summed E-state index contributed by atoms with van der Waals surface area (Å²) in [4.78, 5) is 23.5. The number of carbonyl (C=O) groups excluding carboxylic acids is 2. The summed E-state index contributed by atoms with van der Waals surface area (Å²) < 4.78 is 15.4. The molecule has 0 aliphatic heterocycles. The van der Waals surface area contributed by atoms with Crippen LogP contribution in [0, 0.1) is 5.92 Å². The van der Waals surface area contributed by atoms with E-state index in [4.69, 9.17) is 14.2 Å². The second kappa shape index (κ2) is 9.64. The van der Waals surface area contributed by atoms with Gasteiger partial charge in [0.25, 0.3) is 0 Å². The molecule has 0 aromatic carbocycles. The Balaban J connectivity index is 4.29. The SMILES string of the molecule is CCCC(C)C(=O)OC(C)OC(=O)OC(C)(CC)CCC. The fourth-order valence-corrected chi connectivity index (χ4v) is 2.04. The van der Waals surface area contributed by atoms with Crippen molar-refractivity contribution in [1.82, 2.24) is 0 Å². The van der Waals surface area contributed by atoms with Crippen LogP contribution in [0.1, 0.15) is 73.6 Å². The molecule has 0 aliphatic rings. The quantitative estimate of drug-likeness (QED) is 0.465. The molecule has 0 aliphatic carbocycles. The summed E-state index contributed by atoms with van der Waals surface area (Å²) >= 11 is 0. The highest BCUT2D eigenvalue weighted by atomic mass is 16.8. The van der Waals surface area contributed by atoms with Crippen molar-refractivity contribution in [2.24, 2.45) is 5.92 Å². The largest absolute Gasteiger partial charge is 0.511 e. The first-order chi connectivity index (χ1) is 9.77. The van der Waals surface area contributed by atoms with Gasteiger partial charge in [-0.1, -0.05) is 40.5 Å². The summed E-state index contributed by atoms with van der Waals surface area (Å²) in [6, 6.07) is 0. The maximum Gasteiger partial charge on any atom is 0.511 e. The molecule has 3 unspecified atom stereocenters. The van der Waals surface area contributed by atoms with Crippen LogP contribution in [0.25, 0.3) is 0 Å². The Labute approximate surface area is 128 Å². The van der Waals surface area contributed by atoms with Crippen molar-refractivity contribution in [3.05, 3.63) is 0 Å². The zero-order valence-corrected chi connectivity index (χ0v) is 14.2. The first-order valence-corrected chi connectivity index (χ1v) is 7.88. The molecular formula is C16H30O5. The molecule has 0 spiro atoms. The van der Waals surface area contributed by atoms with Crippen molar-refractivity contribution in [1.29, 1.82) is 0 Å². The highest BCUT2D eigenvalue weighted by Crippen LogP contribution is 2.22. The minimum Gasteiger partial charge on any atom is -0.428 e. The van der Waals surface area contributed by atoms with E-state index in [1.807, 2.05) is 27.7 Å². The predicted octanol–water partition coefficient (Wildman–Crippen LogP) is 4.43. The van der Waals surface area contributed by atoms with E-state index in [0.717, 1.165) is 25.7 Å². The van der Waals surface area contributed by atoms with E-state index >= 15 is 0 Å². The Bertz CT molecular complexity index is 329. The average molecular weight is 302 g/mol. The zero-order valence-electron chi connectivity index (χ0n) is 14.2. The van der Waals surface area contributed by atoms with Gasteiger partial charge in [0, 0.05) is 6.92 Å². The van der Waals surface area contributed by atoms with Gasteiger partial charge in [-0.15, -0.1) is 0 Å². The number of carbonyl (C=O) groups is 2. The summed E-state index contributed by atoms with van der Waals surface area (Å²) in [6.07, 6.45) is 2.30. The lowest BCUT2D eigenvalue weighted by molar-refractivity contribution is -0.175. The second-order valence-electron chi connectivity index (χ2n) is 5.72. The normalized spacial score (nSPS) is 16.5. The maximum absolute atomic E-state index is 11.7. The molecule has 0 aromatic rings. The standard InChI is InChI=1S/C16H30O5/c1-7-10-12(4)14(17)19-13(5)20-15(18)21-16(6,9-3)11-8-2/h12-13H,7-11H2,1-6H3. The van der Waals surface area contributed by atoms with E-state index < -0.39 is 18.0 Å². The van der Waals surface area contributed by atoms with Gasteiger partial charge in [-0.05, 0) is 26.2 Å².